The second kappa shape index (κ2) is 6.96. The molecule has 2 aliphatic rings. The van der Waals surface area contributed by atoms with Crippen LogP contribution in [0.3, 0.4) is 0 Å². The van der Waals surface area contributed by atoms with Gasteiger partial charge in [0.2, 0.25) is 5.91 Å². The Kier molecular flexibility index (Phi) is 4.72. The molecular formula is C17H20ClN3O2S. The summed E-state index contributed by atoms with van der Waals surface area (Å²) in [5.41, 5.74) is 0.829. The van der Waals surface area contributed by atoms with E-state index in [0.29, 0.717) is 16.2 Å². The number of rotatable bonds is 3. The average molecular weight is 366 g/mol. The number of thiazole rings is 1. The molecule has 0 radical (unpaired) electrons. The molecule has 2 saturated heterocycles. The van der Waals surface area contributed by atoms with Gasteiger partial charge in [0.05, 0.1) is 16.3 Å². The minimum absolute atomic E-state index is 0.0521. The summed E-state index contributed by atoms with van der Waals surface area (Å²) >= 11 is 7.49. The van der Waals surface area contributed by atoms with E-state index in [2.05, 4.69) is 15.2 Å². The molecule has 2 aliphatic heterocycles. The normalized spacial score (nSPS) is 23.0. The number of nitrogens with zero attached hydrogens (tertiary/aromatic N) is 2. The molecule has 1 N–H and O–H groups in total. The number of amides is 1. The Morgan fingerprint density at radius 3 is 3.00 bits per heavy atom. The maximum Gasteiger partial charge on any atom is 0.243 e. The molecule has 0 unspecified atom stereocenters. The third-order valence-electron chi connectivity index (χ3n) is 4.84. The van der Waals surface area contributed by atoms with Crippen molar-refractivity contribution in [3.05, 3.63) is 23.2 Å². The molecule has 0 saturated carbocycles. The Hall–Kier alpha value is -1.21. The van der Waals surface area contributed by atoms with Crippen molar-refractivity contribution in [3.8, 4) is 0 Å². The van der Waals surface area contributed by atoms with Gasteiger partial charge in [-0.15, -0.1) is 0 Å². The van der Waals surface area contributed by atoms with Crippen LogP contribution in [0.2, 0.25) is 5.02 Å². The molecule has 0 bridgehead atoms. The first-order valence-electron chi connectivity index (χ1n) is 8.41. The van der Waals surface area contributed by atoms with E-state index in [9.17, 15) is 4.79 Å². The Bertz CT molecular complexity index is 745. The number of ether oxygens (including phenoxy) is 1. The summed E-state index contributed by atoms with van der Waals surface area (Å²) in [4.78, 5) is 19.6. The number of likely N-dealkylation sites (tertiary alicyclic amines) is 1. The lowest BCUT2D eigenvalue weighted by molar-refractivity contribution is -0.121. The van der Waals surface area contributed by atoms with E-state index in [-0.39, 0.29) is 11.9 Å². The number of nitrogens with one attached hydrogen (secondary N) is 1. The van der Waals surface area contributed by atoms with Gasteiger partial charge in [-0.25, -0.2) is 4.98 Å². The summed E-state index contributed by atoms with van der Waals surface area (Å²) < 4.78 is 6.48. The summed E-state index contributed by atoms with van der Waals surface area (Å²) in [6.45, 7) is 2.60. The average Bonchev–Trinajstić information content (AvgIpc) is 3.21. The zero-order chi connectivity index (χ0) is 16.5. The van der Waals surface area contributed by atoms with Crippen molar-refractivity contribution in [1.29, 1.82) is 0 Å². The lowest BCUT2D eigenvalue weighted by atomic mass is 10.1. The van der Waals surface area contributed by atoms with Crippen molar-refractivity contribution in [2.24, 2.45) is 0 Å². The molecule has 1 amide bonds. The molecule has 1 aromatic heterocycles. The largest absolute Gasteiger partial charge is 0.381 e. The highest BCUT2D eigenvalue weighted by Gasteiger charge is 2.36. The predicted molar refractivity (Wildman–Crippen MR) is 96.8 cm³/mol. The van der Waals surface area contributed by atoms with Crippen LogP contribution in [0.15, 0.2) is 18.2 Å². The maximum atomic E-state index is 12.8. The molecular weight excluding hydrogens is 346 g/mol. The summed E-state index contributed by atoms with van der Waals surface area (Å²) in [6, 6.07) is 6.02. The highest BCUT2D eigenvalue weighted by atomic mass is 35.5. The van der Waals surface area contributed by atoms with Crippen LogP contribution in [-0.4, -0.2) is 47.6 Å². The van der Waals surface area contributed by atoms with E-state index in [0.717, 1.165) is 55.7 Å². The summed E-state index contributed by atoms with van der Waals surface area (Å²) in [5.74, 6) is 0.0594. The van der Waals surface area contributed by atoms with Gasteiger partial charge in [0, 0.05) is 24.3 Å². The molecule has 1 atom stereocenters. The zero-order valence-corrected chi connectivity index (χ0v) is 14.9. The van der Waals surface area contributed by atoms with Crippen LogP contribution in [0.25, 0.3) is 10.2 Å². The molecule has 128 valence electrons. The van der Waals surface area contributed by atoms with Crippen LogP contribution in [0.5, 0.6) is 0 Å². The maximum absolute atomic E-state index is 12.8. The molecule has 2 aromatic rings. The number of halogens is 1. The topological polar surface area (TPSA) is 54.5 Å². The van der Waals surface area contributed by atoms with Crippen LogP contribution in [-0.2, 0) is 9.53 Å². The number of carbonyl (C=O) groups excluding carboxylic acids is 1. The van der Waals surface area contributed by atoms with Gasteiger partial charge in [0.1, 0.15) is 0 Å². The Balaban J connectivity index is 1.47. The fourth-order valence-electron chi connectivity index (χ4n) is 3.67. The predicted octanol–water partition coefficient (Wildman–Crippen LogP) is 3.53. The van der Waals surface area contributed by atoms with Gasteiger partial charge in [0.25, 0.3) is 0 Å². The van der Waals surface area contributed by atoms with Crippen LogP contribution in [0, 0.1) is 0 Å². The van der Waals surface area contributed by atoms with Crippen LogP contribution in [0.4, 0.5) is 5.13 Å². The lowest BCUT2D eigenvalue weighted by Crippen LogP contribution is -2.47. The minimum atomic E-state index is -0.0521. The van der Waals surface area contributed by atoms with Gasteiger partial charge in [-0.05, 0) is 50.4 Å². The summed E-state index contributed by atoms with van der Waals surface area (Å²) in [7, 11) is 0. The molecule has 24 heavy (non-hydrogen) atoms. The fourth-order valence-corrected chi connectivity index (χ4v) is 4.68. The van der Waals surface area contributed by atoms with Crippen LogP contribution >= 0.6 is 22.9 Å². The smallest absolute Gasteiger partial charge is 0.243 e. The number of carbonyl (C=O) groups is 1. The third kappa shape index (κ3) is 3.28. The molecule has 2 fully saturated rings. The first kappa shape index (κ1) is 16.3. The van der Waals surface area contributed by atoms with Gasteiger partial charge < -0.3 is 10.1 Å². The number of benzene rings is 1. The Morgan fingerprint density at radius 1 is 1.33 bits per heavy atom. The molecule has 0 spiro atoms. The second-order valence-electron chi connectivity index (χ2n) is 6.36. The van der Waals surface area contributed by atoms with Crippen molar-refractivity contribution in [3.63, 3.8) is 0 Å². The highest BCUT2D eigenvalue weighted by Crippen LogP contribution is 2.30. The molecule has 1 aromatic carbocycles. The van der Waals surface area contributed by atoms with Gasteiger partial charge in [-0.1, -0.05) is 22.9 Å². The Labute approximate surface area is 149 Å². The minimum Gasteiger partial charge on any atom is -0.381 e. The molecule has 4 rings (SSSR count). The monoisotopic (exact) mass is 365 g/mol. The van der Waals surface area contributed by atoms with Crippen molar-refractivity contribution in [2.75, 3.05) is 25.1 Å². The standard InChI is InChI=1S/C17H20ClN3O2S/c18-11-3-4-15-13(10-11)19-17(24-15)20-16(22)14-2-1-7-21(14)12-5-8-23-9-6-12/h3-4,10,12,14H,1-2,5-9H2,(H,19,20,22)/t14-/m0/s1. The highest BCUT2D eigenvalue weighted by molar-refractivity contribution is 7.22. The lowest BCUT2D eigenvalue weighted by Gasteiger charge is -2.34. The van der Waals surface area contributed by atoms with Crippen molar-refractivity contribution in [2.45, 2.75) is 37.8 Å². The van der Waals surface area contributed by atoms with Gasteiger partial charge >= 0.3 is 0 Å². The van der Waals surface area contributed by atoms with E-state index in [1.54, 1.807) is 0 Å². The van der Waals surface area contributed by atoms with E-state index >= 15 is 0 Å². The van der Waals surface area contributed by atoms with Gasteiger partial charge in [-0.2, -0.15) is 0 Å². The summed E-state index contributed by atoms with van der Waals surface area (Å²) in [5, 5.41) is 4.32. The number of hydrogen-bond donors (Lipinski definition) is 1. The van der Waals surface area contributed by atoms with Crippen LogP contribution < -0.4 is 5.32 Å². The number of aromatic nitrogens is 1. The SMILES string of the molecule is O=C(Nc1nc2cc(Cl)ccc2s1)[C@@H]1CCCN1C1CCOCC1. The number of fused-ring (bicyclic) bond motifs is 1. The van der Waals surface area contributed by atoms with E-state index in [1.807, 2.05) is 18.2 Å². The first-order chi connectivity index (χ1) is 11.7. The first-order valence-corrected chi connectivity index (χ1v) is 9.60. The van der Waals surface area contributed by atoms with Crippen molar-refractivity contribution < 1.29 is 9.53 Å². The second-order valence-corrected chi connectivity index (χ2v) is 7.83. The van der Waals surface area contributed by atoms with Crippen molar-refractivity contribution >= 4 is 44.2 Å². The third-order valence-corrected chi connectivity index (χ3v) is 6.02. The van der Waals surface area contributed by atoms with E-state index in [4.69, 9.17) is 16.3 Å². The molecule has 5 nitrogen and oxygen atoms in total. The fraction of sp³-hybridized carbons (Fsp3) is 0.529. The number of anilines is 1. The van der Waals surface area contributed by atoms with Crippen LogP contribution in [0.1, 0.15) is 25.7 Å². The van der Waals surface area contributed by atoms with Crippen molar-refractivity contribution in [1.82, 2.24) is 9.88 Å². The molecule has 0 aliphatic carbocycles. The zero-order valence-electron chi connectivity index (χ0n) is 13.3. The van der Waals surface area contributed by atoms with Gasteiger partial charge in [0.15, 0.2) is 5.13 Å². The molecule has 7 heteroatoms. The summed E-state index contributed by atoms with van der Waals surface area (Å²) in [6.07, 6.45) is 4.03. The van der Waals surface area contributed by atoms with Gasteiger partial charge in [-0.3, -0.25) is 9.69 Å². The Morgan fingerprint density at radius 2 is 2.17 bits per heavy atom. The van der Waals surface area contributed by atoms with E-state index in [1.165, 1.54) is 11.3 Å². The molecule has 3 heterocycles. The number of hydrogen-bond acceptors (Lipinski definition) is 5. The quantitative estimate of drug-likeness (QED) is 0.904. The van der Waals surface area contributed by atoms with E-state index < -0.39 is 0 Å².